The highest BCUT2D eigenvalue weighted by atomic mass is 35.5. The molecule has 0 radical (unpaired) electrons. The summed E-state index contributed by atoms with van der Waals surface area (Å²) in [6.45, 7) is 2.62. The number of azo groups is 1. The molecule has 0 unspecified atom stereocenters. The zero-order valence-corrected chi connectivity index (χ0v) is 16.5. The smallest absolute Gasteiger partial charge is 0.247 e. The molecule has 8 nitrogen and oxygen atoms in total. The number of amidine groups is 1. The van der Waals surface area contributed by atoms with Gasteiger partial charge in [0.15, 0.2) is 5.84 Å². The molecule has 27 heavy (non-hydrogen) atoms. The number of carbonyl (C=O) groups is 2. The van der Waals surface area contributed by atoms with E-state index in [0.717, 1.165) is 5.56 Å². The van der Waals surface area contributed by atoms with Crippen molar-refractivity contribution in [3.8, 4) is 0 Å². The number of carbonyl (C=O) groups excluding carboxylic acids is 2. The molecule has 1 fully saturated rings. The maximum absolute atomic E-state index is 12.2. The lowest BCUT2D eigenvalue weighted by Crippen LogP contribution is -2.51. The first-order valence-corrected chi connectivity index (χ1v) is 8.94. The van der Waals surface area contributed by atoms with Crippen molar-refractivity contribution in [1.82, 2.24) is 9.80 Å². The molecule has 0 bridgehead atoms. The maximum Gasteiger partial charge on any atom is 0.247 e. The molecule has 1 aliphatic heterocycles. The Morgan fingerprint density at radius 3 is 2.63 bits per heavy atom. The lowest BCUT2D eigenvalue weighted by atomic mass is 9.99. The van der Waals surface area contributed by atoms with E-state index in [9.17, 15) is 9.59 Å². The van der Waals surface area contributed by atoms with Crippen LogP contribution in [0.1, 0.15) is 24.1 Å². The molecule has 1 saturated heterocycles. The van der Waals surface area contributed by atoms with Gasteiger partial charge in [0.1, 0.15) is 0 Å². The summed E-state index contributed by atoms with van der Waals surface area (Å²) in [5, 5.41) is 11.6. The minimum Gasteiger partial charge on any atom is -0.335 e. The van der Waals surface area contributed by atoms with Gasteiger partial charge in [-0.1, -0.05) is 23.2 Å². The summed E-state index contributed by atoms with van der Waals surface area (Å²) in [4.78, 5) is 27.6. The first-order valence-electron chi connectivity index (χ1n) is 8.12. The van der Waals surface area contributed by atoms with Crippen molar-refractivity contribution < 1.29 is 9.59 Å². The molecule has 144 valence electrons. The molecule has 1 aliphatic rings. The summed E-state index contributed by atoms with van der Waals surface area (Å²) in [6.07, 6.45) is 1.28. The van der Waals surface area contributed by atoms with Gasteiger partial charge >= 0.3 is 0 Å². The van der Waals surface area contributed by atoms with E-state index in [2.05, 4.69) is 15.3 Å². The van der Waals surface area contributed by atoms with Gasteiger partial charge in [0, 0.05) is 55.8 Å². The van der Waals surface area contributed by atoms with Crippen molar-refractivity contribution >= 4 is 40.9 Å². The molecule has 10 heteroatoms. The summed E-state index contributed by atoms with van der Waals surface area (Å²) in [7, 11) is 1.50. The fraction of sp³-hybridized carbons (Fsp3) is 0.353. The van der Waals surface area contributed by atoms with Gasteiger partial charge in [-0.25, -0.2) is 0 Å². The standard InChI is InChI=1S/C17H20Cl2N6O2/c1-11(26)25-6-5-24(16(27)3-4-18)10-15(25)12-7-13(9-14(19)8-12)17(22-20)23-21-2/h3-4,7-9,15H,5-6,10,20H2,1-2H3/b4-3-,22-17-,23-21?/t15-/m0/s1. The van der Waals surface area contributed by atoms with Crippen LogP contribution in [0.25, 0.3) is 0 Å². The van der Waals surface area contributed by atoms with Crippen LogP contribution in [-0.2, 0) is 9.59 Å². The molecule has 0 saturated carbocycles. The molecule has 0 spiro atoms. The van der Waals surface area contributed by atoms with Crippen molar-refractivity contribution in [2.45, 2.75) is 13.0 Å². The lowest BCUT2D eigenvalue weighted by molar-refractivity contribution is -0.139. The van der Waals surface area contributed by atoms with E-state index in [1.165, 1.54) is 25.6 Å². The molecule has 0 aromatic heterocycles. The average Bonchev–Trinajstić information content (AvgIpc) is 2.65. The Bertz CT molecular complexity index is 809. The summed E-state index contributed by atoms with van der Waals surface area (Å²) in [5.41, 5.74) is 2.48. The number of amides is 2. The number of halogens is 2. The highest BCUT2D eigenvalue weighted by Crippen LogP contribution is 2.29. The van der Waals surface area contributed by atoms with Crippen LogP contribution >= 0.6 is 23.2 Å². The Kier molecular flexibility index (Phi) is 7.32. The summed E-state index contributed by atoms with van der Waals surface area (Å²) in [5.74, 6) is 5.29. The van der Waals surface area contributed by atoms with Crippen LogP contribution in [0.15, 0.2) is 45.1 Å². The molecule has 1 aromatic carbocycles. The molecule has 1 heterocycles. The van der Waals surface area contributed by atoms with Crippen LogP contribution in [-0.4, -0.2) is 54.1 Å². The zero-order valence-electron chi connectivity index (χ0n) is 15.0. The molecule has 2 amide bonds. The second kappa shape index (κ2) is 9.48. The Morgan fingerprint density at radius 1 is 1.30 bits per heavy atom. The van der Waals surface area contributed by atoms with Crippen molar-refractivity contribution in [3.05, 3.63) is 46.0 Å². The van der Waals surface area contributed by atoms with Gasteiger partial charge in [0.2, 0.25) is 11.8 Å². The monoisotopic (exact) mass is 410 g/mol. The molecule has 0 aliphatic carbocycles. The van der Waals surface area contributed by atoms with E-state index in [4.69, 9.17) is 29.0 Å². The van der Waals surface area contributed by atoms with E-state index in [1.807, 2.05) is 0 Å². The quantitative estimate of drug-likeness (QED) is 0.206. The van der Waals surface area contributed by atoms with Gasteiger partial charge in [-0.2, -0.15) is 10.2 Å². The van der Waals surface area contributed by atoms with Gasteiger partial charge in [0.05, 0.1) is 6.04 Å². The predicted molar refractivity (Wildman–Crippen MR) is 105 cm³/mol. The van der Waals surface area contributed by atoms with Crippen LogP contribution in [0.3, 0.4) is 0 Å². The Balaban J connectivity index is 2.45. The summed E-state index contributed by atoms with van der Waals surface area (Å²) in [6, 6.07) is 4.82. The number of hydrogen-bond donors (Lipinski definition) is 1. The van der Waals surface area contributed by atoms with E-state index in [1.54, 1.807) is 28.0 Å². The topological polar surface area (TPSA) is 104 Å². The number of hydrazone groups is 1. The molecular formula is C17H20Cl2N6O2. The molecule has 2 rings (SSSR count). The molecule has 1 aromatic rings. The van der Waals surface area contributed by atoms with Gasteiger partial charge in [-0.15, -0.1) is 5.11 Å². The first kappa shape index (κ1) is 20.9. The SMILES string of the molecule is CN=N/C(=N\N)c1cc(Cl)cc([C@@H]2CN(C(=O)/C=C\Cl)CCN2C(C)=O)c1. The average molecular weight is 411 g/mol. The van der Waals surface area contributed by atoms with Crippen molar-refractivity contribution in [2.24, 2.45) is 21.2 Å². The molecule has 2 N–H and O–H groups in total. The van der Waals surface area contributed by atoms with E-state index >= 15 is 0 Å². The highest BCUT2D eigenvalue weighted by Gasteiger charge is 2.32. The minimum absolute atomic E-state index is 0.0949. The minimum atomic E-state index is -0.376. The predicted octanol–water partition coefficient (Wildman–Crippen LogP) is 2.53. The Morgan fingerprint density at radius 2 is 2.04 bits per heavy atom. The number of hydrogen-bond acceptors (Lipinski definition) is 5. The van der Waals surface area contributed by atoms with Crippen LogP contribution < -0.4 is 5.84 Å². The van der Waals surface area contributed by atoms with Crippen LogP contribution in [0, 0.1) is 0 Å². The second-order valence-corrected chi connectivity index (χ2v) is 6.52. The number of nitrogens with two attached hydrogens (primary N) is 1. The number of piperazine rings is 1. The number of benzene rings is 1. The van der Waals surface area contributed by atoms with Crippen LogP contribution in [0.5, 0.6) is 0 Å². The Hall–Kier alpha value is -2.45. The van der Waals surface area contributed by atoms with Crippen molar-refractivity contribution in [3.63, 3.8) is 0 Å². The third-order valence-electron chi connectivity index (χ3n) is 4.18. The van der Waals surface area contributed by atoms with Gasteiger partial charge in [0.25, 0.3) is 0 Å². The first-order chi connectivity index (χ1) is 12.9. The van der Waals surface area contributed by atoms with Crippen molar-refractivity contribution in [2.75, 3.05) is 26.7 Å². The third kappa shape index (κ3) is 5.05. The lowest BCUT2D eigenvalue weighted by Gasteiger charge is -2.41. The molecule has 1 atom stereocenters. The maximum atomic E-state index is 12.2. The largest absolute Gasteiger partial charge is 0.335 e. The van der Waals surface area contributed by atoms with Crippen molar-refractivity contribution in [1.29, 1.82) is 0 Å². The summed E-state index contributed by atoms with van der Waals surface area (Å²) >= 11 is 11.8. The molecular weight excluding hydrogens is 391 g/mol. The van der Waals surface area contributed by atoms with Gasteiger partial charge in [-0.05, 0) is 23.8 Å². The van der Waals surface area contributed by atoms with E-state index < -0.39 is 0 Å². The fourth-order valence-corrected chi connectivity index (χ4v) is 3.34. The van der Waals surface area contributed by atoms with Crippen LogP contribution in [0.4, 0.5) is 0 Å². The summed E-state index contributed by atoms with van der Waals surface area (Å²) < 4.78 is 0. The second-order valence-electron chi connectivity index (χ2n) is 5.83. The fourth-order valence-electron chi connectivity index (χ4n) is 2.99. The van der Waals surface area contributed by atoms with E-state index in [0.29, 0.717) is 30.2 Å². The van der Waals surface area contributed by atoms with Gasteiger partial charge < -0.3 is 15.6 Å². The number of rotatable bonds is 3. The Labute approximate surface area is 167 Å². The van der Waals surface area contributed by atoms with E-state index in [-0.39, 0.29) is 23.7 Å². The third-order valence-corrected chi connectivity index (χ3v) is 4.53. The highest BCUT2D eigenvalue weighted by molar-refractivity contribution is 6.31. The normalized spacial score (nSPS) is 18.5. The number of nitrogens with zero attached hydrogens (tertiary/aromatic N) is 5. The van der Waals surface area contributed by atoms with Gasteiger partial charge in [-0.3, -0.25) is 9.59 Å². The van der Waals surface area contributed by atoms with Crippen LogP contribution in [0.2, 0.25) is 5.02 Å². The zero-order chi connectivity index (χ0) is 20.0.